The van der Waals surface area contributed by atoms with Gasteiger partial charge in [0.25, 0.3) is 0 Å². The Morgan fingerprint density at radius 2 is 2.05 bits per heavy atom. The van der Waals surface area contributed by atoms with Crippen LogP contribution in [-0.4, -0.2) is 29.4 Å². The average molecular weight is 302 g/mol. The molecule has 2 aromatic rings. The monoisotopic (exact) mass is 302 g/mol. The Morgan fingerprint density at radius 1 is 1.27 bits per heavy atom. The summed E-state index contributed by atoms with van der Waals surface area (Å²) in [6.07, 6.45) is 3.22. The number of carbonyl (C=O) groups excluding carboxylic acids is 1. The lowest BCUT2D eigenvalue weighted by Gasteiger charge is -2.14. The van der Waals surface area contributed by atoms with Gasteiger partial charge < -0.3 is 27.5 Å². The lowest BCUT2D eigenvalue weighted by atomic mass is 10.1. The van der Waals surface area contributed by atoms with E-state index in [0.717, 1.165) is 16.5 Å². The number of nitrogens with two attached hydrogens (primary N) is 3. The van der Waals surface area contributed by atoms with Crippen LogP contribution in [-0.2, 0) is 11.3 Å². The summed E-state index contributed by atoms with van der Waals surface area (Å²) in [4.78, 5) is 18.6. The fourth-order valence-corrected chi connectivity index (χ4v) is 2.36. The van der Waals surface area contributed by atoms with Gasteiger partial charge in [0.1, 0.15) is 0 Å². The van der Waals surface area contributed by atoms with E-state index in [-0.39, 0.29) is 11.9 Å². The number of aromatic amines is 1. The minimum atomic E-state index is -0.400. The van der Waals surface area contributed by atoms with E-state index in [2.05, 4.69) is 15.3 Å². The fraction of sp³-hybridized carbons (Fsp3) is 0.333. The molecule has 0 bridgehead atoms. The van der Waals surface area contributed by atoms with Crippen LogP contribution in [0.1, 0.15) is 18.4 Å². The molecule has 0 fully saturated rings. The Labute approximate surface area is 129 Å². The third-order valence-corrected chi connectivity index (χ3v) is 3.50. The molecule has 0 unspecified atom stereocenters. The van der Waals surface area contributed by atoms with Crippen LogP contribution in [0.5, 0.6) is 0 Å². The van der Waals surface area contributed by atoms with Crippen LogP contribution in [0.2, 0.25) is 0 Å². The van der Waals surface area contributed by atoms with E-state index >= 15 is 0 Å². The van der Waals surface area contributed by atoms with Gasteiger partial charge in [-0.25, -0.2) is 0 Å². The highest BCUT2D eigenvalue weighted by Gasteiger charge is 2.14. The standard InChI is InChI=1S/C15H22N6O/c16-14(22)13(6-3-7-19-15(17)18)21-9-10-8-20-12-5-2-1-4-11(10)12/h1-2,4-5,8,13,20-21H,3,6-7,9H2,(H2,16,22)(H4,17,18,19)/t13-/m1/s1. The zero-order valence-electron chi connectivity index (χ0n) is 12.4. The molecule has 1 amide bonds. The first-order valence-corrected chi connectivity index (χ1v) is 7.21. The molecule has 1 heterocycles. The summed E-state index contributed by atoms with van der Waals surface area (Å²) in [6, 6.07) is 7.62. The molecule has 0 aliphatic rings. The molecule has 0 radical (unpaired) electrons. The van der Waals surface area contributed by atoms with Crippen LogP contribution in [0.3, 0.4) is 0 Å². The number of rotatable bonds is 8. The zero-order chi connectivity index (χ0) is 15.9. The number of fused-ring (bicyclic) bond motifs is 1. The highest BCUT2D eigenvalue weighted by Crippen LogP contribution is 2.17. The number of nitrogens with zero attached hydrogens (tertiary/aromatic N) is 1. The minimum Gasteiger partial charge on any atom is -0.370 e. The molecular formula is C15H22N6O. The molecule has 0 saturated carbocycles. The van der Waals surface area contributed by atoms with Crippen molar-refractivity contribution in [1.82, 2.24) is 10.3 Å². The maximum atomic E-state index is 11.5. The summed E-state index contributed by atoms with van der Waals surface area (Å²) in [5.41, 5.74) is 18.1. The van der Waals surface area contributed by atoms with Gasteiger partial charge in [-0.2, -0.15) is 0 Å². The lowest BCUT2D eigenvalue weighted by Crippen LogP contribution is -2.41. The normalized spacial score (nSPS) is 12.2. The van der Waals surface area contributed by atoms with Crippen molar-refractivity contribution in [3.05, 3.63) is 36.0 Å². The van der Waals surface area contributed by atoms with Gasteiger partial charge in [-0.05, 0) is 24.5 Å². The van der Waals surface area contributed by atoms with Crippen LogP contribution in [0.4, 0.5) is 0 Å². The number of guanidine groups is 1. The second kappa shape index (κ2) is 7.46. The molecule has 0 aliphatic heterocycles. The van der Waals surface area contributed by atoms with Gasteiger partial charge >= 0.3 is 0 Å². The van der Waals surface area contributed by atoms with Gasteiger partial charge in [-0.1, -0.05) is 18.2 Å². The molecule has 8 N–H and O–H groups in total. The van der Waals surface area contributed by atoms with Crippen LogP contribution in [0.25, 0.3) is 10.9 Å². The quantitative estimate of drug-likeness (QED) is 0.270. The van der Waals surface area contributed by atoms with E-state index in [1.807, 2.05) is 30.5 Å². The first-order valence-electron chi connectivity index (χ1n) is 7.21. The van der Waals surface area contributed by atoms with Crippen LogP contribution in [0, 0.1) is 0 Å². The smallest absolute Gasteiger partial charge is 0.234 e. The summed E-state index contributed by atoms with van der Waals surface area (Å²) in [6.45, 7) is 1.06. The Morgan fingerprint density at radius 3 is 2.77 bits per heavy atom. The first-order chi connectivity index (χ1) is 10.6. The second-order valence-corrected chi connectivity index (χ2v) is 5.14. The van der Waals surface area contributed by atoms with Crippen molar-refractivity contribution >= 4 is 22.8 Å². The number of aliphatic imine (C=N–C) groups is 1. The van der Waals surface area contributed by atoms with Crippen molar-refractivity contribution in [2.24, 2.45) is 22.2 Å². The minimum absolute atomic E-state index is 0.0578. The molecule has 1 aromatic carbocycles. The van der Waals surface area contributed by atoms with Crippen molar-refractivity contribution in [3.63, 3.8) is 0 Å². The fourth-order valence-electron chi connectivity index (χ4n) is 2.36. The molecule has 1 atom stereocenters. The molecule has 0 saturated heterocycles. The number of carbonyl (C=O) groups is 1. The number of H-pyrrole nitrogens is 1. The van der Waals surface area contributed by atoms with Gasteiger partial charge in [-0.15, -0.1) is 0 Å². The Kier molecular flexibility index (Phi) is 5.37. The molecule has 22 heavy (non-hydrogen) atoms. The molecule has 2 rings (SSSR count). The van der Waals surface area contributed by atoms with Crippen molar-refractivity contribution in [1.29, 1.82) is 0 Å². The SMILES string of the molecule is NC(=O)[C@@H](CCCN=C(N)N)NCc1c[nH]c2ccccc12. The van der Waals surface area contributed by atoms with Crippen LogP contribution < -0.4 is 22.5 Å². The summed E-state index contributed by atoms with van der Waals surface area (Å²) in [5.74, 6) is -0.313. The van der Waals surface area contributed by atoms with E-state index in [9.17, 15) is 4.79 Å². The maximum absolute atomic E-state index is 11.5. The van der Waals surface area contributed by atoms with E-state index < -0.39 is 6.04 Å². The largest absolute Gasteiger partial charge is 0.370 e. The number of primary amides is 1. The van der Waals surface area contributed by atoms with Gasteiger partial charge in [0, 0.05) is 30.2 Å². The Bertz CT molecular complexity index is 659. The Hall–Kier alpha value is -2.54. The van der Waals surface area contributed by atoms with Gasteiger partial charge in [0.05, 0.1) is 6.04 Å². The molecule has 0 aliphatic carbocycles. The predicted molar refractivity (Wildman–Crippen MR) is 88.0 cm³/mol. The number of aromatic nitrogens is 1. The predicted octanol–water partition coefficient (Wildman–Crippen LogP) is 0.165. The molecule has 7 nitrogen and oxygen atoms in total. The highest BCUT2D eigenvalue weighted by molar-refractivity contribution is 5.83. The molecule has 118 valence electrons. The van der Waals surface area contributed by atoms with E-state index in [1.165, 1.54) is 0 Å². The molecule has 7 heteroatoms. The van der Waals surface area contributed by atoms with E-state index in [4.69, 9.17) is 17.2 Å². The molecular weight excluding hydrogens is 280 g/mol. The first kappa shape index (κ1) is 15.8. The third-order valence-electron chi connectivity index (χ3n) is 3.50. The number of amides is 1. The molecule has 1 aromatic heterocycles. The zero-order valence-corrected chi connectivity index (χ0v) is 12.4. The van der Waals surface area contributed by atoms with Crippen LogP contribution in [0.15, 0.2) is 35.5 Å². The van der Waals surface area contributed by atoms with Gasteiger partial charge in [-0.3, -0.25) is 9.79 Å². The van der Waals surface area contributed by atoms with Crippen molar-refractivity contribution in [2.45, 2.75) is 25.4 Å². The van der Waals surface area contributed by atoms with Crippen LogP contribution >= 0.6 is 0 Å². The van der Waals surface area contributed by atoms with Crippen molar-refractivity contribution in [2.75, 3.05) is 6.54 Å². The average Bonchev–Trinajstić information content (AvgIpc) is 2.89. The van der Waals surface area contributed by atoms with E-state index in [1.54, 1.807) is 0 Å². The summed E-state index contributed by atoms with van der Waals surface area (Å²) >= 11 is 0. The summed E-state index contributed by atoms with van der Waals surface area (Å²) in [7, 11) is 0. The maximum Gasteiger partial charge on any atom is 0.234 e. The number of para-hydroxylation sites is 1. The van der Waals surface area contributed by atoms with Gasteiger partial charge in [0.2, 0.25) is 5.91 Å². The third kappa shape index (κ3) is 4.23. The Balaban J connectivity index is 1.91. The number of hydrogen-bond donors (Lipinski definition) is 5. The van der Waals surface area contributed by atoms with Gasteiger partial charge in [0.15, 0.2) is 5.96 Å². The summed E-state index contributed by atoms with van der Waals surface area (Å²) < 4.78 is 0. The number of benzene rings is 1. The molecule has 0 spiro atoms. The van der Waals surface area contributed by atoms with E-state index in [0.29, 0.717) is 25.9 Å². The van der Waals surface area contributed by atoms with Crippen molar-refractivity contribution < 1.29 is 4.79 Å². The van der Waals surface area contributed by atoms with Crippen molar-refractivity contribution in [3.8, 4) is 0 Å². The topological polar surface area (TPSA) is 135 Å². The highest BCUT2D eigenvalue weighted by atomic mass is 16.1. The lowest BCUT2D eigenvalue weighted by molar-refractivity contribution is -0.120. The number of hydrogen-bond acceptors (Lipinski definition) is 3. The summed E-state index contributed by atoms with van der Waals surface area (Å²) in [5, 5.41) is 4.33. The second-order valence-electron chi connectivity index (χ2n) is 5.14. The number of nitrogens with one attached hydrogen (secondary N) is 2.